The molecule has 6 fully saturated rings. The Balaban J connectivity index is -0.00000101. The molecule has 0 radical (unpaired) electrons. The maximum absolute atomic E-state index is 6.39. The molecule has 6 unspecified atom stereocenters. The molecule has 6 aliphatic rings. The molecule has 6 heterocycles. The van der Waals surface area contributed by atoms with Crippen LogP contribution in [0, 0.1) is 0 Å². The van der Waals surface area contributed by atoms with Crippen LogP contribution in [-0.4, -0.2) is 251 Å². The van der Waals surface area contributed by atoms with Gasteiger partial charge in [-0.25, -0.2) is 0 Å². The summed E-state index contributed by atoms with van der Waals surface area (Å²) in [6.45, 7) is 65.7. The molecule has 6 saturated heterocycles. The highest BCUT2D eigenvalue weighted by molar-refractivity contribution is 6.90. The van der Waals surface area contributed by atoms with E-state index >= 15 is 0 Å². The van der Waals surface area contributed by atoms with Gasteiger partial charge in [0.15, 0.2) is 16.6 Å². The summed E-state index contributed by atoms with van der Waals surface area (Å²) >= 11 is 0. The van der Waals surface area contributed by atoms with Crippen LogP contribution in [0.1, 0.15) is 159 Å². The molecule has 0 aromatic rings. The number of ether oxygens (including phenoxy) is 16. The lowest BCUT2D eigenvalue weighted by atomic mass is 10.4. The summed E-state index contributed by atoms with van der Waals surface area (Å²) < 4.78 is 107. The average molecular weight is 1430 g/mol. The third kappa shape index (κ3) is 92.3. The van der Waals surface area contributed by atoms with Crippen molar-refractivity contribution in [3.63, 3.8) is 0 Å². The maximum atomic E-state index is 6.39. The molecule has 0 aromatic heterocycles. The minimum atomic E-state index is -2.26. The van der Waals surface area contributed by atoms with Crippen molar-refractivity contribution in [1.29, 1.82) is 0 Å². The SMILES string of the molecule is CCC.CCCCOCC1CO1.CCCCOCC1CO1.CCCCOCC1CO1.CCCCOCC1CO1.CCCCOCC1CO1.CCCCOCC1CO1.CCCCOCCOCCOCCOC.C[Si](C)(C)O[Si](C)(C)O[Si](C)(C)O[Si](C)(C)O[Si](C)(C)C. The van der Waals surface area contributed by atoms with E-state index in [0.717, 1.165) is 132 Å². The molecule has 0 N–H and O–H groups in total. The second kappa shape index (κ2) is 65.6. The molecule has 0 aromatic carbocycles. The molecule has 93 heavy (non-hydrogen) atoms. The fraction of sp³-hybridized carbons (Fsp3) is 1.00. The lowest BCUT2D eigenvalue weighted by Crippen LogP contribution is -2.58. The molecule has 0 amide bonds. The average Bonchev–Trinajstić information content (AvgIpc) is 1.54. The minimum absolute atomic E-state index is 0.432. The smallest absolute Gasteiger partial charge is 0.314 e. The summed E-state index contributed by atoms with van der Waals surface area (Å²) in [4.78, 5) is 0. The van der Waals surface area contributed by atoms with Gasteiger partial charge in [0, 0.05) is 53.4 Å². The van der Waals surface area contributed by atoms with Crippen LogP contribution in [0.15, 0.2) is 0 Å². The van der Waals surface area contributed by atoms with Gasteiger partial charge in [-0.05, 0) is 124 Å². The van der Waals surface area contributed by atoms with Gasteiger partial charge in [0.2, 0.25) is 0 Å². The fourth-order valence-corrected chi connectivity index (χ4v) is 30.3. The Morgan fingerprint density at radius 3 is 0.570 bits per heavy atom. The van der Waals surface area contributed by atoms with Gasteiger partial charge in [-0.2, -0.15) is 0 Å². The lowest BCUT2D eigenvalue weighted by molar-refractivity contribution is 0.00337. The first kappa shape index (κ1) is 97.5. The van der Waals surface area contributed by atoms with Crippen LogP contribution >= 0.6 is 0 Å². The van der Waals surface area contributed by atoms with Crippen LogP contribution in [0.4, 0.5) is 0 Å². The topological polar surface area (TPSA) is 204 Å². The van der Waals surface area contributed by atoms with Crippen molar-refractivity contribution in [2.24, 2.45) is 0 Å². The van der Waals surface area contributed by atoms with E-state index in [1.54, 1.807) is 7.11 Å². The fourth-order valence-electron chi connectivity index (χ4n) is 7.40. The number of rotatable bonds is 50. The van der Waals surface area contributed by atoms with Crippen molar-refractivity contribution in [3.05, 3.63) is 0 Å². The number of hydrogen-bond donors (Lipinski definition) is 0. The third-order valence-corrected chi connectivity index (χ3v) is 28.7. The Morgan fingerprint density at radius 2 is 0.409 bits per heavy atom. The molecule has 0 saturated carbocycles. The van der Waals surface area contributed by atoms with Crippen molar-refractivity contribution in [2.75, 3.05) is 172 Å². The van der Waals surface area contributed by atoms with Crippen LogP contribution in [0.5, 0.6) is 0 Å². The summed E-state index contributed by atoms with van der Waals surface area (Å²) in [5, 5.41) is 0. The van der Waals surface area contributed by atoms with E-state index in [4.69, 9.17) is 92.3 Å². The van der Waals surface area contributed by atoms with Crippen LogP contribution in [0.25, 0.3) is 0 Å². The van der Waals surface area contributed by atoms with Crippen molar-refractivity contribution in [3.8, 4) is 0 Å². The van der Waals surface area contributed by atoms with E-state index in [0.29, 0.717) is 76.3 Å². The highest BCUT2D eigenvalue weighted by Gasteiger charge is 2.44. The molecule has 6 atom stereocenters. The van der Waals surface area contributed by atoms with Gasteiger partial charge in [-0.15, -0.1) is 0 Å². The molecule has 0 spiro atoms. The molecule has 25 heteroatoms. The van der Waals surface area contributed by atoms with Crippen LogP contribution < -0.4 is 0 Å². The number of methoxy groups -OCH3 is 1. The van der Waals surface area contributed by atoms with E-state index in [-0.39, 0.29) is 0 Å². The second-order valence-corrected chi connectivity index (χ2v) is 47.1. The van der Waals surface area contributed by atoms with E-state index in [1.165, 1.54) is 89.9 Å². The highest BCUT2D eigenvalue weighted by Crippen LogP contribution is 2.26. The van der Waals surface area contributed by atoms with Gasteiger partial charge in [0.05, 0.1) is 119 Å². The monoisotopic (exact) mass is 1430 g/mol. The number of epoxide rings is 6. The quantitative estimate of drug-likeness (QED) is 0.0315. The largest absolute Gasteiger partial charge is 0.437 e. The molecular weight excluding hydrogens is 1280 g/mol. The van der Waals surface area contributed by atoms with Crippen molar-refractivity contribution in [2.45, 2.75) is 274 Å². The predicted octanol–water partition coefficient (Wildman–Crippen LogP) is 14.9. The molecular formula is C68H152O20Si5. The Kier molecular flexibility index (Phi) is 68.7. The van der Waals surface area contributed by atoms with E-state index in [9.17, 15) is 0 Å². The van der Waals surface area contributed by atoms with E-state index in [2.05, 4.69) is 141 Å². The van der Waals surface area contributed by atoms with Crippen LogP contribution in [-0.2, 0) is 92.3 Å². The standard InChI is InChI=1S/C12H36O4Si5.C11H24O4.6C7H14O2.C3H8/c1-17(2,3)13-19(7,8)15-21(11,12)16-20(9,10)14-18(4,5)6;1-3-4-5-13-8-9-15-11-10-14-7-6-12-2;6*1-2-3-4-8-5-7-6-9-7;1-3-2/h1-12H3;3-11H2,1-2H3;6*7H,2-6H2,1H3;3H2,1-2H3. The first-order valence-corrected chi connectivity index (χ1v) is 51.7. The van der Waals surface area contributed by atoms with Crippen molar-refractivity contribution >= 4 is 42.3 Å². The lowest BCUT2D eigenvalue weighted by Gasteiger charge is -2.41. The predicted molar refractivity (Wildman–Crippen MR) is 391 cm³/mol. The summed E-state index contributed by atoms with van der Waals surface area (Å²) in [5.74, 6) is 0. The van der Waals surface area contributed by atoms with Gasteiger partial charge in [-0.1, -0.05) is 114 Å². The molecule has 20 nitrogen and oxygen atoms in total. The number of unbranched alkanes of at least 4 members (excludes halogenated alkanes) is 7. The Bertz CT molecular complexity index is 1300. The molecule has 0 bridgehead atoms. The van der Waals surface area contributed by atoms with Gasteiger partial charge in [-0.3, -0.25) is 0 Å². The van der Waals surface area contributed by atoms with Gasteiger partial charge < -0.3 is 92.3 Å². The number of hydrogen-bond acceptors (Lipinski definition) is 20. The first-order chi connectivity index (χ1) is 44.2. The van der Waals surface area contributed by atoms with Gasteiger partial charge in [0.1, 0.15) is 36.6 Å². The normalized spacial score (nSPS) is 19.5. The van der Waals surface area contributed by atoms with Crippen LogP contribution in [0.2, 0.25) is 78.6 Å². The van der Waals surface area contributed by atoms with Crippen molar-refractivity contribution in [1.82, 2.24) is 0 Å². The Morgan fingerprint density at radius 1 is 0.247 bits per heavy atom. The summed E-state index contributed by atoms with van der Waals surface area (Å²) in [7, 11) is -8.11. The summed E-state index contributed by atoms with van der Waals surface area (Å²) in [5.41, 5.74) is 0. The maximum Gasteiger partial charge on any atom is 0.314 e. The Hall–Kier alpha value is 0.284. The van der Waals surface area contributed by atoms with Gasteiger partial charge >= 0.3 is 25.7 Å². The molecule has 0 aliphatic carbocycles. The van der Waals surface area contributed by atoms with Crippen molar-refractivity contribution < 1.29 is 92.3 Å². The summed E-state index contributed by atoms with van der Waals surface area (Å²) in [6.07, 6.45) is 20.5. The summed E-state index contributed by atoms with van der Waals surface area (Å²) in [6, 6.07) is 0. The van der Waals surface area contributed by atoms with Gasteiger partial charge in [0.25, 0.3) is 0 Å². The zero-order chi connectivity index (χ0) is 70.4. The zero-order valence-corrected chi connectivity index (χ0v) is 69.4. The highest BCUT2D eigenvalue weighted by atomic mass is 28.5. The van der Waals surface area contributed by atoms with E-state index < -0.39 is 42.3 Å². The third-order valence-electron chi connectivity index (χ3n) is 12.0. The van der Waals surface area contributed by atoms with Crippen LogP contribution in [0.3, 0.4) is 0 Å². The minimum Gasteiger partial charge on any atom is -0.437 e. The molecule has 6 rings (SSSR count). The molecule has 564 valence electrons. The Labute approximate surface area is 577 Å². The molecule has 6 aliphatic heterocycles. The zero-order valence-electron chi connectivity index (χ0n) is 64.4. The second-order valence-electron chi connectivity index (χ2n) is 27.0. The van der Waals surface area contributed by atoms with E-state index in [1.807, 2.05) is 0 Å². The first-order valence-electron chi connectivity index (χ1n) is 36.4.